The predicted octanol–water partition coefficient (Wildman–Crippen LogP) is 1.88. The lowest BCUT2D eigenvalue weighted by atomic mass is 10.2. The molecule has 4 rings (SSSR count). The first-order valence-electron chi connectivity index (χ1n) is 10.9. The maximum atomic E-state index is 12.9. The van der Waals surface area contributed by atoms with Gasteiger partial charge in [-0.2, -0.15) is 0 Å². The lowest BCUT2D eigenvalue weighted by Crippen LogP contribution is -2.42. The number of nitrogens with one attached hydrogen (secondary N) is 1. The number of carbonyl (C=O) groups excluding carboxylic acids is 2. The predicted molar refractivity (Wildman–Crippen MR) is 123 cm³/mol. The summed E-state index contributed by atoms with van der Waals surface area (Å²) in [5.41, 5.74) is 2.21. The molecule has 1 aliphatic rings. The van der Waals surface area contributed by atoms with Gasteiger partial charge in [-0.3, -0.25) is 9.59 Å². The van der Waals surface area contributed by atoms with Gasteiger partial charge in [-0.15, -0.1) is 0 Å². The highest BCUT2D eigenvalue weighted by molar-refractivity contribution is 5.94. The maximum absolute atomic E-state index is 12.9. The first-order valence-corrected chi connectivity index (χ1v) is 10.9. The van der Waals surface area contributed by atoms with Crippen molar-refractivity contribution in [2.75, 3.05) is 47.1 Å². The molecule has 9 nitrogen and oxygen atoms in total. The van der Waals surface area contributed by atoms with Gasteiger partial charge in [-0.1, -0.05) is 12.1 Å². The molecule has 0 bridgehead atoms. The van der Waals surface area contributed by atoms with Crippen LogP contribution in [0.2, 0.25) is 0 Å². The van der Waals surface area contributed by atoms with Gasteiger partial charge >= 0.3 is 0 Å². The zero-order valence-corrected chi connectivity index (χ0v) is 18.9. The Balaban J connectivity index is 1.45. The molecule has 174 valence electrons. The van der Waals surface area contributed by atoms with Crippen molar-refractivity contribution < 1.29 is 23.8 Å². The number of nitrogens with zero attached hydrogens (tertiary/aromatic N) is 3. The van der Waals surface area contributed by atoms with Gasteiger partial charge in [0, 0.05) is 31.6 Å². The van der Waals surface area contributed by atoms with Gasteiger partial charge in [0.1, 0.15) is 12.4 Å². The molecule has 2 heterocycles. The van der Waals surface area contributed by atoms with Crippen molar-refractivity contribution in [2.24, 2.45) is 0 Å². The molecule has 33 heavy (non-hydrogen) atoms. The number of amides is 2. The van der Waals surface area contributed by atoms with E-state index in [1.165, 1.54) is 7.11 Å². The second-order valence-corrected chi connectivity index (χ2v) is 7.67. The number of para-hydroxylation sites is 2. The molecular weight excluding hydrogens is 424 g/mol. The summed E-state index contributed by atoms with van der Waals surface area (Å²) in [5, 5.41) is 2.92. The first kappa shape index (κ1) is 22.6. The number of imidazole rings is 1. The third-order valence-electron chi connectivity index (χ3n) is 5.67. The standard InChI is InChI=1S/C24H28N4O5/c1-31-20-8-7-17(15-21(20)32-2)24(30)25-10-9-22-26-18-5-3-4-6-19(18)28(22)16-23(29)27-11-13-33-14-12-27/h3-8,15H,9-14,16H2,1-2H3,(H,25,30). The van der Waals surface area contributed by atoms with E-state index < -0.39 is 0 Å². The number of carbonyl (C=O) groups is 2. The zero-order chi connectivity index (χ0) is 23.2. The molecule has 1 aromatic heterocycles. The van der Waals surface area contributed by atoms with Gasteiger partial charge in [0.25, 0.3) is 5.91 Å². The van der Waals surface area contributed by atoms with Crippen molar-refractivity contribution in [1.82, 2.24) is 19.8 Å². The van der Waals surface area contributed by atoms with Crippen LogP contribution >= 0.6 is 0 Å². The van der Waals surface area contributed by atoms with Crippen molar-refractivity contribution in [1.29, 1.82) is 0 Å². The van der Waals surface area contributed by atoms with Gasteiger partial charge in [0.05, 0.1) is 38.5 Å². The normalized spacial score (nSPS) is 13.7. The SMILES string of the molecule is COc1ccc(C(=O)NCCc2nc3ccccc3n2CC(=O)N2CCOCC2)cc1OC. The van der Waals surface area contributed by atoms with E-state index >= 15 is 0 Å². The third-order valence-corrected chi connectivity index (χ3v) is 5.67. The number of rotatable bonds is 8. The summed E-state index contributed by atoms with van der Waals surface area (Å²) in [6, 6.07) is 12.8. The summed E-state index contributed by atoms with van der Waals surface area (Å²) in [6.07, 6.45) is 0.490. The highest BCUT2D eigenvalue weighted by Gasteiger charge is 2.20. The van der Waals surface area contributed by atoms with Crippen molar-refractivity contribution in [3.05, 3.63) is 53.9 Å². The molecule has 0 unspecified atom stereocenters. The van der Waals surface area contributed by atoms with Gasteiger partial charge < -0.3 is 29.0 Å². The van der Waals surface area contributed by atoms with E-state index in [0.29, 0.717) is 56.3 Å². The van der Waals surface area contributed by atoms with Crippen LogP contribution in [-0.4, -0.2) is 73.3 Å². The lowest BCUT2D eigenvalue weighted by molar-refractivity contribution is -0.135. The van der Waals surface area contributed by atoms with Crippen LogP contribution in [0.25, 0.3) is 11.0 Å². The number of morpholine rings is 1. The fourth-order valence-corrected chi connectivity index (χ4v) is 3.91. The summed E-state index contributed by atoms with van der Waals surface area (Å²) in [6.45, 7) is 2.91. The quantitative estimate of drug-likeness (QED) is 0.561. The Morgan fingerprint density at radius 1 is 1.06 bits per heavy atom. The highest BCUT2D eigenvalue weighted by Crippen LogP contribution is 2.27. The van der Waals surface area contributed by atoms with Gasteiger partial charge in [-0.25, -0.2) is 4.98 Å². The monoisotopic (exact) mass is 452 g/mol. The van der Waals surface area contributed by atoms with Crippen LogP contribution < -0.4 is 14.8 Å². The van der Waals surface area contributed by atoms with Gasteiger partial charge in [0.2, 0.25) is 5.91 Å². The maximum Gasteiger partial charge on any atom is 0.251 e. The fraction of sp³-hybridized carbons (Fsp3) is 0.375. The molecule has 1 fully saturated rings. The average Bonchev–Trinajstić information content (AvgIpc) is 3.21. The second kappa shape index (κ2) is 10.4. The third kappa shape index (κ3) is 5.09. The topological polar surface area (TPSA) is 94.9 Å². The fourth-order valence-electron chi connectivity index (χ4n) is 3.91. The highest BCUT2D eigenvalue weighted by atomic mass is 16.5. The van der Waals surface area contributed by atoms with Crippen molar-refractivity contribution in [3.8, 4) is 11.5 Å². The number of benzene rings is 2. The number of aromatic nitrogens is 2. The molecular formula is C24H28N4O5. The first-order chi connectivity index (χ1) is 16.1. The molecule has 3 aromatic rings. The van der Waals surface area contributed by atoms with E-state index in [4.69, 9.17) is 19.2 Å². The van der Waals surface area contributed by atoms with E-state index in [-0.39, 0.29) is 18.4 Å². The number of methoxy groups -OCH3 is 2. The minimum Gasteiger partial charge on any atom is -0.493 e. The van der Waals surface area contributed by atoms with E-state index in [2.05, 4.69) is 5.32 Å². The summed E-state index contributed by atoms with van der Waals surface area (Å²) in [7, 11) is 3.08. The van der Waals surface area contributed by atoms with Gasteiger partial charge in [-0.05, 0) is 30.3 Å². The zero-order valence-electron chi connectivity index (χ0n) is 18.9. The largest absolute Gasteiger partial charge is 0.493 e. The molecule has 0 radical (unpaired) electrons. The number of ether oxygens (including phenoxy) is 3. The van der Waals surface area contributed by atoms with E-state index in [1.54, 1.807) is 25.3 Å². The van der Waals surface area contributed by atoms with E-state index in [1.807, 2.05) is 33.7 Å². The second-order valence-electron chi connectivity index (χ2n) is 7.67. The molecule has 2 amide bonds. The van der Waals surface area contributed by atoms with Crippen LogP contribution in [0.4, 0.5) is 0 Å². The van der Waals surface area contributed by atoms with Crippen molar-refractivity contribution >= 4 is 22.8 Å². The minimum absolute atomic E-state index is 0.0390. The molecule has 0 atom stereocenters. The average molecular weight is 453 g/mol. The molecule has 1 N–H and O–H groups in total. The number of hydrogen-bond acceptors (Lipinski definition) is 6. The van der Waals surface area contributed by atoms with Crippen molar-refractivity contribution in [2.45, 2.75) is 13.0 Å². The van der Waals surface area contributed by atoms with Crippen LogP contribution in [0.5, 0.6) is 11.5 Å². The van der Waals surface area contributed by atoms with Crippen LogP contribution in [0.1, 0.15) is 16.2 Å². The molecule has 0 aliphatic carbocycles. The van der Waals surface area contributed by atoms with Gasteiger partial charge in [0.15, 0.2) is 11.5 Å². The molecule has 1 aliphatic heterocycles. The molecule has 9 heteroatoms. The Morgan fingerprint density at radius 2 is 1.82 bits per heavy atom. The number of fused-ring (bicyclic) bond motifs is 1. The minimum atomic E-state index is -0.219. The molecule has 0 saturated carbocycles. The number of hydrogen-bond donors (Lipinski definition) is 1. The molecule has 1 saturated heterocycles. The Kier molecular flexibility index (Phi) is 7.09. The molecule has 0 spiro atoms. The smallest absolute Gasteiger partial charge is 0.251 e. The Hall–Kier alpha value is -3.59. The van der Waals surface area contributed by atoms with Crippen LogP contribution in [0, 0.1) is 0 Å². The summed E-state index contributed by atoms with van der Waals surface area (Å²) in [5.74, 6) is 1.63. The van der Waals surface area contributed by atoms with Crippen LogP contribution in [0.3, 0.4) is 0 Å². The molecule has 2 aromatic carbocycles. The van der Waals surface area contributed by atoms with E-state index in [0.717, 1.165) is 16.9 Å². The van der Waals surface area contributed by atoms with E-state index in [9.17, 15) is 9.59 Å². The van der Waals surface area contributed by atoms with Crippen LogP contribution in [0.15, 0.2) is 42.5 Å². The Morgan fingerprint density at radius 3 is 2.58 bits per heavy atom. The lowest BCUT2D eigenvalue weighted by Gasteiger charge is -2.27. The van der Waals surface area contributed by atoms with Crippen LogP contribution in [-0.2, 0) is 22.5 Å². The summed E-state index contributed by atoms with van der Waals surface area (Å²) in [4.78, 5) is 32.0. The Bertz CT molecular complexity index is 1140. The summed E-state index contributed by atoms with van der Waals surface area (Å²) >= 11 is 0. The Labute approximate surface area is 192 Å². The summed E-state index contributed by atoms with van der Waals surface area (Å²) < 4.78 is 17.8. The van der Waals surface area contributed by atoms with Crippen molar-refractivity contribution in [3.63, 3.8) is 0 Å².